The van der Waals surface area contributed by atoms with Crippen molar-refractivity contribution in [3.63, 3.8) is 0 Å². The van der Waals surface area contributed by atoms with E-state index in [1.807, 2.05) is 7.11 Å². The number of rotatable bonds is 3. The van der Waals surface area contributed by atoms with Crippen molar-refractivity contribution in [1.29, 1.82) is 0 Å². The van der Waals surface area contributed by atoms with Gasteiger partial charge in [0.1, 0.15) is 0 Å². The van der Waals surface area contributed by atoms with Crippen LogP contribution < -0.4 is 10.4 Å². The Morgan fingerprint density at radius 1 is 0.778 bits per heavy atom. The molecule has 0 bridgehead atoms. The molecule has 0 atom stereocenters. The van der Waals surface area contributed by atoms with E-state index in [1.54, 1.807) is 0 Å². The monoisotopic (exact) mass is 256 g/mol. The summed E-state index contributed by atoms with van der Waals surface area (Å²) in [5, 5.41) is 2.73. The van der Waals surface area contributed by atoms with Crippen LogP contribution in [-0.2, 0) is 4.43 Å². The maximum Gasteiger partial charge on any atom is 0.252 e. The van der Waals surface area contributed by atoms with E-state index in [2.05, 4.69) is 68.9 Å². The molecule has 0 N–H and O–H groups in total. The summed E-state index contributed by atoms with van der Waals surface area (Å²) in [4.78, 5) is 0. The molecule has 2 rings (SSSR count). The summed E-state index contributed by atoms with van der Waals surface area (Å²) in [6.07, 6.45) is 0. The highest BCUT2D eigenvalue weighted by atomic mass is 28.4. The fourth-order valence-electron chi connectivity index (χ4n) is 2.58. The van der Waals surface area contributed by atoms with E-state index in [0.717, 1.165) is 0 Å². The van der Waals surface area contributed by atoms with E-state index < -0.39 is 8.32 Å². The Morgan fingerprint density at radius 2 is 1.17 bits per heavy atom. The first-order chi connectivity index (χ1) is 8.59. The van der Waals surface area contributed by atoms with Gasteiger partial charge in [0.15, 0.2) is 0 Å². The van der Waals surface area contributed by atoms with Crippen LogP contribution in [0, 0.1) is 13.8 Å². The lowest BCUT2D eigenvalue weighted by Gasteiger charge is -2.29. The van der Waals surface area contributed by atoms with Crippen LogP contribution in [0.3, 0.4) is 0 Å². The number of benzene rings is 2. The Morgan fingerprint density at radius 3 is 1.50 bits per heavy atom. The first-order valence-electron chi connectivity index (χ1n) is 6.27. The second-order valence-corrected chi connectivity index (χ2v) is 8.42. The molecule has 0 unspecified atom stereocenters. The molecule has 0 saturated heterocycles. The van der Waals surface area contributed by atoms with E-state index in [1.165, 1.54) is 21.5 Å². The molecule has 0 amide bonds. The standard InChI is InChI=1S/C16H20OSi/c1-13-9-5-7-11-15(13)18(4,17-3)16-12-8-6-10-14(16)2/h5-12H,1-4H3. The average Bonchev–Trinajstić information content (AvgIpc) is 2.39. The molecule has 0 heterocycles. The lowest BCUT2D eigenvalue weighted by Crippen LogP contribution is -2.59. The lowest BCUT2D eigenvalue weighted by atomic mass is 10.2. The summed E-state index contributed by atoms with van der Waals surface area (Å²) in [5.41, 5.74) is 2.63. The highest BCUT2D eigenvalue weighted by molar-refractivity contribution is 6.97. The van der Waals surface area contributed by atoms with Gasteiger partial charge in [0, 0.05) is 7.11 Å². The van der Waals surface area contributed by atoms with Gasteiger partial charge in [-0.3, -0.25) is 0 Å². The Kier molecular flexibility index (Phi) is 3.69. The van der Waals surface area contributed by atoms with Gasteiger partial charge in [-0.2, -0.15) is 0 Å². The van der Waals surface area contributed by atoms with Crippen molar-refractivity contribution in [2.24, 2.45) is 0 Å². The minimum Gasteiger partial charge on any atom is -0.411 e. The molecule has 0 aromatic heterocycles. The average molecular weight is 256 g/mol. The highest BCUT2D eigenvalue weighted by Crippen LogP contribution is 2.11. The fraction of sp³-hybridized carbons (Fsp3) is 0.250. The third-order valence-electron chi connectivity index (χ3n) is 3.73. The molecule has 0 aliphatic heterocycles. The zero-order chi connectivity index (χ0) is 13.2. The predicted molar refractivity (Wildman–Crippen MR) is 80.3 cm³/mol. The van der Waals surface area contributed by atoms with Crippen molar-refractivity contribution in [3.8, 4) is 0 Å². The van der Waals surface area contributed by atoms with Crippen LogP contribution in [0.15, 0.2) is 48.5 Å². The van der Waals surface area contributed by atoms with Gasteiger partial charge in [0.25, 0.3) is 8.32 Å². The number of hydrogen-bond donors (Lipinski definition) is 0. The molecule has 2 heteroatoms. The zero-order valence-corrected chi connectivity index (χ0v) is 12.5. The summed E-state index contributed by atoms with van der Waals surface area (Å²) >= 11 is 0. The van der Waals surface area contributed by atoms with Crippen LogP contribution in [0.1, 0.15) is 11.1 Å². The van der Waals surface area contributed by atoms with Crippen molar-refractivity contribution in [2.45, 2.75) is 20.4 Å². The normalized spacial score (nSPS) is 11.6. The van der Waals surface area contributed by atoms with Crippen molar-refractivity contribution < 1.29 is 4.43 Å². The van der Waals surface area contributed by atoms with Gasteiger partial charge in [0.2, 0.25) is 0 Å². The van der Waals surface area contributed by atoms with Gasteiger partial charge in [-0.05, 0) is 41.9 Å². The van der Waals surface area contributed by atoms with Gasteiger partial charge in [0.05, 0.1) is 0 Å². The van der Waals surface area contributed by atoms with Gasteiger partial charge in [-0.1, -0.05) is 48.5 Å². The fourth-order valence-corrected chi connectivity index (χ4v) is 5.81. The molecule has 94 valence electrons. The SMILES string of the molecule is CO[Si](C)(c1ccccc1C)c1ccccc1C. The molecule has 0 aliphatic carbocycles. The van der Waals surface area contributed by atoms with Crippen molar-refractivity contribution >= 4 is 18.7 Å². The third-order valence-corrected chi connectivity index (χ3v) is 7.72. The Hall–Kier alpha value is -1.38. The van der Waals surface area contributed by atoms with Crippen molar-refractivity contribution in [2.75, 3.05) is 7.11 Å². The quantitative estimate of drug-likeness (QED) is 0.767. The van der Waals surface area contributed by atoms with E-state index in [0.29, 0.717) is 0 Å². The maximum atomic E-state index is 6.01. The lowest BCUT2D eigenvalue weighted by molar-refractivity contribution is 0.421. The van der Waals surface area contributed by atoms with E-state index in [9.17, 15) is 0 Å². The molecule has 2 aromatic rings. The molecule has 0 fully saturated rings. The summed E-state index contributed by atoms with van der Waals surface area (Å²) in [6.45, 7) is 6.60. The minimum atomic E-state index is -2.06. The molecule has 18 heavy (non-hydrogen) atoms. The first-order valence-corrected chi connectivity index (χ1v) is 8.68. The van der Waals surface area contributed by atoms with E-state index in [-0.39, 0.29) is 0 Å². The van der Waals surface area contributed by atoms with Crippen LogP contribution >= 0.6 is 0 Å². The topological polar surface area (TPSA) is 9.23 Å². The summed E-state index contributed by atoms with van der Waals surface area (Å²) in [6, 6.07) is 17.1. The van der Waals surface area contributed by atoms with E-state index in [4.69, 9.17) is 4.43 Å². The predicted octanol–water partition coefficient (Wildman–Crippen LogP) is 2.64. The first kappa shape index (κ1) is 13.1. The second-order valence-electron chi connectivity index (χ2n) is 4.87. The number of aryl methyl sites for hydroxylation is 2. The van der Waals surface area contributed by atoms with Gasteiger partial charge >= 0.3 is 0 Å². The van der Waals surface area contributed by atoms with Crippen molar-refractivity contribution in [1.82, 2.24) is 0 Å². The Balaban J connectivity index is 2.63. The van der Waals surface area contributed by atoms with Crippen LogP contribution in [0.25, 0.3) is 0 Å². The largest absolute Gasteiger partial charge is 0.411 e. The maximum absolute atomic E-state index is 6.01. The van der Waals surface area contributed by atoms with Gasteiger partial charge in [-0.15, -0.1) is 0 Å². The molecule has 0 aliphatic rings. The molecule has 1 nitrogen and oxygen atoms in total. The molecule has 0 saturated carbocycles. The Bertz CT molecular complexity index is 503. The third kappa shape index (κ3) is 2.14. The Labute approximate surface area is 111 Å². The minimum absolute atomic E-state index is 1.32. The van der Waals surface area contributed by atoms with E-state index >= 15 is 0 Å². The zero-order valence-electron chi connectivity index (χ0n) is 11.5. The summed E-state index contributed by atoms with van der Waals surface area (Å²) in [7, 11) is -0.226. The summed E-state index contributed by atoms with van der Waals surface area (Å²) in [5.74, 6) is 0. The molecular formula is C16H20OSi. The van der Waals surface area contributed by atoms with Crippen molar-refractivity contribution in [3.05, 3.63) is 59.7 Å². The molecule has 0 radical (unpaired) electrons. The van der Waals surface area contributed by atoms with Crippen LogP contribution in [0.2, 0.25) is 6.55 Å². The van der Waals surface area contributed by atoms with Gasteiger partial charge in [-0.25, -0.2) is 0 Å². The number of hydrogen-bond acceptors (Lipinski definition) is 1. The molecule has 0 spiro atoms. The van der Waals surface area contributed by atoms with Crippen LogP contribution in [-0.4, -0.2) is 15.4 Å². The van der Waals surface area contributed by atoms with Crippen LogP contribution in [0.5, 0.6) is 0 Å². The molecule has 2 aromatic carbocycles. The van der Waals surface area contributed by atoms with Gasteiger partial charge < -0.3 is 4.43 Å². The second kappa shape index (κ2) is 5.08. The summed E-state index contributed by atoms with van der Waals surface area (Å²) < 4.78 is 6.01. The molecular weight excluding hydrogens is 236 g/mol. The highest BCUT2D eigenvalue weighted by Gasteiger charge is 2.35. The smallest absolute Gasteiger partial charge is 0.252 e. The van der Waals surface area contributed by atoms with Crippen LogP contribution in [0.4, 0.5) is 0 Å².